The van der Waals surface area contributed by atoms with Crippen LogP contribution in [0.4, 0.5) is 5.69 Å². The van der Waals surface area contributed by atoms with Gasteiger partial charge in [0.25, 0.3) is 0 Å². The lowest BCUT2D eigenvalue weighted by molar-refractivity contribution is -0.140. The number of hydrogen-bond acceptors (Lipinski definition) is 4. The van der Waals surface area contributed by atoms with Crippen LogP contribution in [-0.4, -0.2) is 50.5 Å². The molecule has 1 N–H and O–H groups in total. The summed E-state index contributed by atoms with van der Waals surface area (Å²) in [4.78, 5) is 28.0. The molecule has 34 heavy (non-hydrogen) atoms. The van der Waals surface area contributed by atoms with E-state index in [9.17, 15) is 18.0 Å². The highest BCUT2D eigenvalue weighted by molar-refractivity contribution is 9.10. The van der Waals surface area contributed by atoms with Crippen LogP contribution in [-0.2, 0) is 26.2 Å². The predicted octanol–water partition coefficient (Wildman–Crippen LogP) is 4.59. The van der Waals surface area contributed by atoms with Gasteiger partial charge in [-0.05, 0) is 48.7 Å². The molecule has 186 valence electrons. The molecule has 7 nitrogen and oxygen atoms in total. The second-order valence-corrected chi connectivity index (χ2v) is 11.2. The molecule has 0 bridgehead atoms. The lowest BCUT2D eigenvalue weighted by Crippen LogP contribution is -2.52. The van der Waals surface area contributed by atoms with Crippen molar-refractivity contribution in [1.29, 1.82) is 0 Å². The Morgan fingerprint density at radius 1 is 1.12 bits per heavy atom. The van der Waals surface area contributed by atoms with Crippen molar-refractivity contribution in [3.05, 3.63) is 63.6 Å². The van der Waals surface area contributed by atoms with Gasteiger partial charge in [0, 0.05) is 22.6 Å². The van der Waals surface area contributed by atoms with Crippen LogP contribution >= 0.6 is 27.5 Å². The van der Waals surface area contributed by atoms with Crippen LogP contribution in [0.25, 0.3) is 0 Å². The number of rotatable bonds is 12. The summed E-state index contributed by atoms with van der Waals surface area (Å²) in [6, 6.07) is 13.0. The Balaban J connectivity index is 2.39. The van der Waals surface area contributed by atoms with Crippen LogP contribution in [0.3, 0.4) is 0 Å². The summed E-state index contributed by atoms with van der Waals surface area (Å²) in [5.41, 5.74) is 1.14. The molecule has 0 saturated heterocycles. The second-order valence-electron chi connectivity index (χ2n) is 7.97. The number of benzene rings is 2. The first kappa shape index (κ1) is 28.1. The third-order valence-electron chi connectivity index (χ3n) is 5.26. The highest BCUT2D eigenvalue weighted by Gasteiger charge is 2.31. The van der Waals surface area contributed by atoms with E-state index >= 15 is 0 Å². The summed E-state index contributed by atoms with van der Waals surface area (Å²) in [6.07, 6.45) is 3.20. The van der Waals surface area contributed by atoms with Gasteiger partial charge in [0.15, 0.2) is 0 Å². The molecule has 0 spiro atoms. The fourth-order valence-electron chi connectivity index (χ4n) is 3.46. The van der Waals surface area contributed by atoms with Crippen LogP contribution in [0.15, 0.2) is 53.0 Å². The first-order chi connectivity index (χ1) is 16.1. The molecule has 0 heterocycles. The topological polar surface area (TPSA) is 86.8 Å². The van der Waals surface area contributed by atoms with Crippen LogP contribution in [0.1, 0.15) is 38.7 Å². The Kier molecular flexibility index (Phi) is 10.9. The number of unbranched alkanes of at least 4 members (excludes halogenated alkanes) is 1. The first-order valence-corrected chi connectivity index (χ1v) is 14.1. The minimum Gasteiger partial charge on any atom is -0.354 e. The van der Waals surface area contributed by atoms with Gasteiger partial charge in [-0.15, -0.1) is 0 Å². The standard InChI is InChI=1S/C24H31BrClN3O4S/c1-4-6-14-27-24(31)22(5-2)28(16-18-10-12-20(26)13-11-18)23(30)17-29(34(3,32)33)21-9-7-8-19(25)15-21/h7-13,15,22H,4-6,14,16-17H2,1-3H3,(H,27,31)/t22-/m0/s1. The smallest absolute Gasteiger partial charge is 0.244 e. The van der Waals surface area contributed by atoms with Crippen LogP contribution in [0.5, 0.6) is 0 Å². The number of nitrogens with one attached hydrogen (secondary N) is 1. The molecule has 2 amide bonds. The lowest BCUT2D eigenvalue weighted by Gasteiger charge is -2.33. The van der Waals surface area contributed by atoms with Crippen molar-refractivity contribution in [3.63, 3.8) is 0 Å². The minimum absolute atomic E-state index is 0.145. The molecule has 0 unspecified atom stereocenters. The van der Waals surface area contributed by atoms with Gasteiger partial charge >= 0.3 is 0 Å². The normalized spacial score (nSPS) is 12.1. The number of amides is 2. The average molecular weight is 573 g/mol. The monoisotopic (exact) mass is 571 g/mol. The molecule has 2 aromatic rings. The average Bonchev–Trinajstić information content (AvgIpc) is 2.78. The summed E-state index contributed by atoms with van der Waals surface area (Å²) in [5.74, 6) is -0.732. The largest absolute Gasteiger partial charge is 0.354 e. The van der Waals surface area contributed by atoms with E-state index in [0.717, 1.165) is 29.0 Å². The van der Waals surface area contributed by atoms with Gasteiger partial charge in [-0.2, -0.15) is 0 Å². The molecule has 0 fully saturated rings. The Bertz CT molecular complexity index is 1080. The highest BCUT2D eigenvalue weighted by Crippen LogP contribution is 2.23. The number of carbonyl (C=O) groups is 2. The van der Waals surface area contributed by atoms with E-state index in [1.54, 1.807) is 48.5 Å². The first-order valence-electron chi connectivity index (χ1n) is 11.1. The Morgan fingerprint density at radius 2 is 1.79 bits per heavy atom. The van der Waals surface area contributed by atoms with Gasteiger partial charge in [-0.1, -0.05) is 66.0 Å². The Labute approximate surface area is 215 Å². The quantitative estimate of drug-likeness (QED) is 0.377. The van der Waals surface area contributed by atoms with Crippen molar-refractivity contribution in [3.8, 4) is 0 Å². The second kappa shape index (κ2) is 13.1. The van der Waals surface area contributed by atoms with Gasteiger partial charge in [-0.25, -0.2) is 8.42 Å². The van der Waals surface area contributed by atoms with E-state index in [-0.39, 0.29) is 12.5 Å². The van der Waals surface area contributed by atoms with Gasteiger partial charge < -0.3 is 10.2 Å². The zero-order chi connectivity index (χ0) is 25.3. The van der Waals surface area contributed by atoms with E-state index < -0.39 is 28.5 Å². The SMILES string of the molecule is CCCCNC(=O)[C@H](CC)N(Cc1ccc(Cl)cc1)C(=O)CN(c1cccc(Br)c1)S(C)(=O)=O. The number of nitrogens with zero attached hydrogens (tertiary/aromatic N) is 2. The van der Waals surface area contributed by atoms with E-state index in [2.05, 4.69) is 21.2 Å². The van der Waals surface area contributed by atoms with Crippen LogP contribution in [0.2, 0.25) is 5.02 Å². The molecule has 0 aliphatic carbocycles. The van der Waals surface area contributed by atoms with Crippen molar-refractivity contribution < 1.29 is 18.0 Å². The van der Waals surface area contributed by atoms with Crippen LogP contribution in [0, 0.1) is 0 Å². The molecule has 0 saturated carbocycles. The summed E-state index contributed by atoms with van der Waals surface area (Å²) in [7, 11) is -3.77. The van der Waals surface area contributed by atoms with Crippen molar-refractivity contribution in [2.24, 2.45) is 0 Å². The van der Waals surface area contributed by atoms with E-state index in [1.807, 2.05) is 13.8 Å². The third kappa shape index (κ3) is 8.29. The molecule has 2 rings (SSSR count). The molecular weight excluding hydrogens is 542 g/mol. The van der Waals surface area contributed by atoms with Crippen molar-refractivity contribution >= 4 is 55.1 Å². The van der Waals surface area contributed by atoms with Crippen molar-refractivity contribution in [2.75, 3.05) is 23.7 Å². The van der Waals surface area contributed by atoms with Crippen molar-refractivity contribution in [2.45, 2.75) is 45.7 Å². The van der Waals surface area contributed by atoms with Gasteiger partial charge in [0.05, 0.1) is 11.9 Å². The minimum atomic E-state index is -3.77. The molecule has 10 heteroatoms. The molecule has 0 aromatic heterocycles. The maximum Gasteiger partial charge on any atom is 0.244 e. The number of carbonyl (C=O) groups excluding carboxylic acids is 2. The number of hydrogen-bond donors (Lipinski definition) is 1. The zero-order valence-electron chi connectivity index (χ0n) is 19.6. The maximum atomic E-state index is 13.6. The molecule has 1 atom stereocenters. The lowest BCUT2D eigenvalue weighted by atomic mass is 10.1. The fourth-order valence-corrected chi connectivity index (χ4v) is 4.81. The Morgan fingerprint density at radius 3 is 2.35 bits per heavy atom. The predicted molar refractivity (Wildman–Crippen MR) is 140 cm³/mol. The van der Waals surface area contributed by atoms with E-state index in [0.29, 0.717) is 28.1 Å². The van der Waals surface area contributed by atoms with Crippen molar-refractivity contribution in [1.82, 2.24) is 10.2 Å². The van der Waals surface area contributed by atoms with Gasteiger partial charge in [0.1, 0.15) is 12.6 Å². The van der Waals surface area contributed by atoms with E-state index in [4.69, 9.17) is 11.6 Å². The number of sulfonamides is 1. The molecule has 0 radical (unpaired) electrons. The third-order valence-corrected chi connectivity index (χ3v) is 7.14. The molecule has 0 aliphatic rings. The zero-order valence-corrected chi connectivity index (χ0v) is 22.8. The summed E-state index contributed by atoms with van der Waals surface area (Å²) in [6.45, 7) is 4.09. The molecule has 2 aromatic carbocycles. The van der Waals surface area contributed by atoms with E-state index in [1.165, 1.54) is 4.90 Å². The fraction of sp³-hybridized carbons (Fsp3) is 0.417. The maximum absolute atomic E-state index is 13.6. The van der Waals surface area contributed by atoms with Crippen LogP contribution < -0.4 is 9.62 Å². The summed E-state index contributed by atoms with van der Waals surface area (Å²) >= 11 is 9.35. The van der Waals surface area contributed by atoms with Gasteiger partial charge in [-0.3, -0.25) is 13.9 Å². The molecule has 0 aliphatic heterocycles. The summed E-state index contributed by atoms with van der Waals surface area (Å²) < 4.78 is 26.9. The van der Waals surface area contributed by atoms with Gasteiger partial charge in [0.2, 0.25) is 21.8 Å². The summed E-state index contributed by atoms with van der Waals surface area (Å²) in [5, 5.41) is 3.45. The number of halogens is 2. The number of anilines is 1. The molecular formula is C24H31BrClN3O4S. The Hall–Kier alpha value is -2.10. The highest BCUT2D eigenvalue weighted by atomic mass is 79.9.